The second kappa shape index (κ2) is 10.1. The highest BCUT2D eigenvalue weighted by atomic mass is 32.1. The molecule has 0 saturated heterocycles. The van der Waals surface area contributed by atoms with Gasteiger partial charge in [-0.2, -0.15) is 0 Å². The molecule has 0 radical (unpaired) electrons. The van der Waals surface area contributed by atoms with Gasteiger partial charge in [0, 0.05) is 6.54 Å². The number of carbonyl (C=O) groups is 2. The summed E-state index contributed by atoms with van der Waals surface area (Å²) in [6.07, 6.45) is 0.436. The molecule has 3 aromatic rings. The molecule has 0 bridgehead atoms. The molecule has 1 aromatic heterocycles. The van der Waals surface area contributed by atoms with E-state index in [1.165, 1.54) is 29.4 Å². The number of benzene rings is 2. The van der Waals surface area contributed by atoms with Gasteiger partial charge in [-0.25, -0.2) is 0 Å². The maximum absolute atomic E-state index is 13.3. The first-order valence-electron chi connectivity index (χ1n) is 10.8. The third-order valence-corrected chi connectivity index (χ3v) is 6.77. The Morgan fingerprint density at radius 3 is 2.37 bits per heavy atom. The van der Waals surface area contributed by atoms with E-state index in [4.69, 9.17) is 14.2 Å². The molecule has 1 amide bonds. The van der Waals surface area contributed by atoms with E-state index in [0.29, 0.717) is 28.4 Å². The Kier molecular flexibility index (Phi) is 6.97. The topological polar surface area (TPSA) is 106 Å². The van der Waals surface area contributed by atoms with Gasteiger partial charge in [0.05, 0.1) is 37.8 Å². The average molecular weight is 496 g/mol. The number of aliphatic hydroxyl groups is 1. The van der Waals surface area contributed by atoms with E-state index in [9.17, 15) is 19.8 Å². The van der Waals surface area contributed by atoms with Gasteiger partial charge in [0.15, 0.2) is 28.8 Å². The van der Waals surface area contributed by atoms with Gasteiger partial charge in [-0.15, -0.1) is 11.3 Å². The van der Waals surface area contributed by atoms with E-state index in [0.717, 1.165) is 5.56 Å². The molecule has 35 heavy (non-hydrogen) atoms. The second-order valence-corrected chi connectivity index (χ2v) is 8.79. The smallest absolute Gasteiger partial charge is 0.290 e. The zero-order valence-corrected chi connectivity index (χ0v) is 20.3. The van der Waals surface area contributed by atoms with E-state index in [1.54, 1.807) is 49.9 Å². The minimum atomic E-state index is -0.855. The summed E-state index contributed by atoms with van der Waals surface area (Å²) in [5.74, 6) is -0.356. The van der Waals surface area contributed by atoms with Crippen molar-refractivity contribution in [1.29, 1.82) is 0 Å². The van der Waals surface area contributed by atoms with Gasteiger partial charge in [0.2, 0.25) is 5.78 Å². The van der Waals surface area contributed by atoms with E-state index < -0.39 is 23.5 Å². The van der Waals surface area contributed by atoms with Crippen LogP contribution in [-0.4, -0.2) is 54.7 Å². The SMILES string of the molecule is COc1cc([C@@H]2C(C(=O)c3cccs3)=C(O)C(=O)N2CCc2ccc(OC)c(OC)c2)ccc1O. The highest BCUT2D eigenvalue weighted by Gasteiger charge is 2.44. The van der Waals surface area contributed by atoms with Gasteiger partial charge in [-0.05, 0) is 53.3 Å². The predicted octanol–water partition coefficient (Wildman–Crippen LogP) is 4.30. The molecule has 1 aliphatic heterocycles. The molecule has 0 fully saturated rings. The minimum absolute atomic E-state index is 0.00231. The number of carbonyl (C=O) groups excluding carboxylic acids is 2. The summed E-state index contributed by atoms with van der Waals surface area (Å²) < 4.78 is 15.9. The lowest BCUT2D eigenvalue weighted by Crippen LogP contribution is -2.33. The van der Waals surface area contributed by atoms with Crippen molar-refractivity contribution in [3.63, 3.8) is 0 Å². The maximum Gasteiger partial charge on any atom is 0.290 e. The molecule has 4 rings (SSSR count). The van der Waals surface area contributed by atoms with Gasteiger partial charge in [-0.3, -0.25) is 9.59 Å². The van der Waals surface area contributed by atoms with Gasteiger partial charge < -0.3 is 29.3 Å². The molecule has 8 nitrogen and oxygen atoms in total. The van der Waals surface area contributed by atoms with Gasteiger partial charge in [0.25, 0.3) is 5.91 Å². The number of ketones is 1. The molecule has 0 saturated carbocycles. The van der Waals surface area contributed by atoms with Gasteiger partial charge in [-0.1, -0.05) is 18.2 Å². The number of nitrogens with zero attached hydrogens (tertiary/aromatic N) is 1. The van der Waals surface area contributed by atoms with Crippen LogP contribution in [0.15, 0.2) is 65.2 Å². The third kappa shape index (κ3) is 4.54. The lowest BCUT2D eigenvalue weighted by Gasteiger charge is -2.27. The van der Waals surface area contributed by atoms with Crippen molar-refractivity contribution in [1.82, 2.24) is 4.90 Å². The van der Waals surface area contributed by atoms with Gasteiger partial charge >= 0.3 is 0 Å². The summed E-state index contributed by atoms with van der Waals surface area (Å²) in [6, 6.07) is 12.6. The Hall–Kier alpha value is -3.98. The second-order valence-electron chi connectivity index (χ2n) is 7.84. The number of aliphatic hydroxyl groups excluding tert-OH is 1. The van der Waals surface area contributed by atoms with Crippen molar-refractivity contribution in [2.75, 3.05) is 27.9 Å². The third-order valence-electron chi connectivity index (χ3n) is 5.90. The van der Waals surface area contributed by atoms with Crippen LogP contribution in [0, 0.1) is 0 Å². The molecule has 2 heterocycles. The molecule has 182 valence electrons. The van der Waals surface area contributed by atoms with Crippen LogP contribution in [0.25, 0.3) is 0 Å². The number of phenolic OH excluding ortho intramolecular Hbond substituents is 1. The number of hydrogen-bond acceptors (Lipinski definition) is 8. The molecule has 2 aromatic carbocycles. The maximum atomic E-state index is 13.3. The van der Waals surface area contributed by atoms with Crippen molar-refractivity contribution in [3.8, 4) is 23.0 Å². The molecule has 9 heteroatoms. The Morgan fingerprint density at radius 1 is 0.971 bits per heavy atom. The molecule has 0 unspecified atom stereocenters. The van der Waals surface area contributed by atoms with Crippen LogP contribution < -0.4 is 14.2 Å². The number of aromatic hydroxyl groups is 1. The fourth-order valence-corrected chi connectivity index (χ4v) is 4.83. The predicted molar refractivity (Wildman–Crippen MR) is 131 cm³/mol. The van der Waals surface area contributed by atoms with E-state index >= 15 is 0 Å². The monoisotopic (exact) mass is 495 g/mol. The molecular formula is C26H25NO7S. The van der Waals surface area contributed by atoms with Crippen LogP contribution in [0.4, 0.5) is 0 Å². The summed E-state index contributed by atoms with van der Waals surface area (Å²) in [7, 11) is 4.51. The number of phenols is 1. The number of methoxy groups -OCH3 is 3. The van der Waals surface area contributed by atoms with Crippen LogP contribution in [0.5, 0.6) is 23.0 Å². The highest BCUT2D eigenvalue weighted by Crippen LogP contribution is 2.42. The van der Waals surface area contributed by atoms with Crippen molar-refractivity contribution in [3.05, 3.63) is 81.2 Å². The molecule has 0 aliphatic carbocycles. The Balaban J connectivity index is 1.71. The largest absolute Gasteiger partial charge is 0.504 e. The summed E-state index contributed by atoms with van der Waals surface area (Å²) in [5.41, 5.74) is 1.41. The zero-order valence-electron chi connectivity index (χ0n) is 19.5. The molecule has 1 atom stereocenters. The van der Waals surface area contributed by atoms with Crippen LogP contribution in [0.1, 0.15) is 26.8 Å². The number of rotatable bonds is 9. The van der Waals surface area contributed by atoms with Crippen molar-refractivity contribution >= 4 is 23.0 Å². The summed E-state index contributed by atoms with van der Waals surface area (Å²) >= 11 is 1.23. The Bertz CT molecular complexity index is 1280. The Labute approximate surface area is 206 Å². The Morgan fingerprint density at radius 2 is 1.71 bits per heavy atom. The highest BCUT2D eigenvalue weighted by molar-refractivity contribution is 7.12. The number of amides is 1. The molecule has 1 aliphatic rings. The fourth-order valence-electron chi connectivity index (χ4n) is 4.15. The summed E-state index contributed by atoms with van der Waals surface area (Å²) in [6.45, 7) is 0.216. The quantitative estimate of drug-likeness (QED) is 0.427. The van der Waals surface area contributed by atoms with E-state index in [-0.39, 0.29) is 23.6 Å². The van der Waals surface area contributed by atoms with Crippen molar-refractivity contribution < 1.29 is 34.0 Å². The van der Waals surface area contributed by atoms with E-state index in [1.807, 2.05) is 12.1 Å². The lowest BCUT2D eigenvalue weighted by molar-refractivity contribution is -0.129. The molecule has 0 spiro atoms. The molecular weight excluding hydrogens is 470 g/mol. The minimum Gasteiger partial charge on any atom is -0.504 e. The molecule has 2 N–H and O–H groups in total. The van der Waals surface area contributed by atoms with Crippen molar-refractivity contribution in [2.45, 2.75) is 12.5 Å². The number of ether oxygens (including phenoxy) is 3. The van der Waals surface area contributed by atoms with Crippen LogP contribution in [0.2, 0.25) is 0 Å². The average Bonchev–Trinajstić information content (AvgIpc) is 3.50. The number of thiophene rings is 1. The van der Waals surface area contributed by atoms with Crippen LogP contribution >= 0.6 is 11.3 Å². The summed E-state index contributed by atoms with van der Waals surface area (Å²) in [4.78, 5) is 28.4. The van der Waals surface area contributed by atoms with E-state index in [2.05, 4.69) is 0 Å². The first-order chi connectivity index (χ1) is 16.9. The van der Waals surface area contributed by atoms with Crippen LogP contribution in [0.3, 0.4) is 0 Å². The fraction of sp³-hybridized carbons (Fsp3) is 0.231. The van der Waals surface area contributed by atoms with Crippen molar-refractivity contribution in [2.24, 2.45) is 0 Å². The van der Waals surface area contributed by atoms with Gasteiger partial charge in [0.1, 0.15) is 0 Å². The first-order valence-corrected chi connectivity index (χ1v) is 11.7. The number of Topliss-reactive ketones (excluding diaryl/α,β-unsaturated/α-hetero) is 1. The normalized spacial score (nSPS) is 15.5. The summed E-state index contributed by atoms with van der Waals surface area (Å²) in [5, 5.41) is 22.6. The standard InChI is InChI=1S/C26H25NO7S/c1-32-18-9-6-15(13-20(18)34-3)10-11-27-23(16-7-8-17(28)19(14-16)33-2)22(25(30)26(27)31)24(29)21-5-4-12-35-21/h4-9,12-14,23,28,30H,10-11H2,1-3H3/t23-/m1/s1. The zero-order chi connectivity index (χ0) is 25.1. The number of hydrogen-bond donors (Lipinski definition) is 2. The lowest BCUT2D eigenvalue weighted by atomic mass is 9.95. The first kappa shape index (κ1) is 24.2. The van der Waals surface area contributed by atoms with Crippen LogP contribution in [-0.2, 0) is 11.2 Å².